The third-order valence-electron chi connectivity index (χ3n) is 19.1. The summed E-state index contributed by atoms with van der Waals surface area (Å²) in [7, 11) is -4.33. The SMILES string of the molecule is CCCCCCCCCCCCCCCCOc1ccc(S(=O)(=O)Nc2ccccc2Cl)cc1N1C(=O)OC(c2c(C)c([N+](=O)[O-])c(C)c([N+](=O)[O-])c2C)C1=O.CCCCCCCCCCCCCCOC(=O)c1ccc(C)c(N2C(=O)OC(c3nc4ccccc4c(=O)n3Cc3ccccc3)C2=O)c1. The van der Waals surface area contributed by atoms with Crippen molar-refractivity contribution in [3.8, 4) is 5.75 Å². The predicted molar refractivity (Wildman–Crippen MR) is 406 cm³/mol. The molecule has 3 heterocycles. The lowest BCUT2D eigenvalue weighted by atomic mass is 9.91. The second-order valence-corrected chi connectivity index (χ2v) is 29.0. The molecule has 2 saturated heterocycles. The topological polar surface area (TPSA) is 296 Å². The van der Waals surface area contributed by atoms with Gasteiger partial charge in [-0.2, -0.15) is 0 Å². The van der Waals surface area contributed by atoms with Crippen LogP contribution in [0.2, 0.25) is 5.02 Å². The van der Waals surface area contributed by atoms with E-state index in [4.69, 9.17) is 30.5 Å². The van der Waals surface area contributed by atoms with Gasteiger partial charge in [0.15, 0.2) is 5.82 Å². The Hall–Kier alpha value is -9.55. The van der Waals surface area contributed by atoms with Crippen molar-refractivity contribution in [3.63, 3.8) is 0 Å². The number of imide groups is 2. The highest BCUT2D eigenvalue weighted by Crippen LogP contribution is 2.46. The first kappa shape index (κ1) is 81.1. The van der Waals surface area contributed by atoms with Crippen molar-refractivity contribution in [2.24, 2.45) is 0 Å². The number of nitrogens with one attached hydrogen (secondary N) is 1. The summed E-state index contributed by atoms with van der Waals surface area (Å²) >= 11 is 6.20. The molecule has 2 atom stereocenters. The number of amides is 4. The van der Waals surface area contributed by atoms with Gasteiger partial charge in [-0.15, -0.1) is 0 Å². The van der Waals surface area contributed by atoms with Gasteiger partial charge >= 0.3 is 18.2 Å². The molecule has 0 saturated carbocycles. The number of unbranched alkanes of at least 4 members (excludes halogenated alkanes) is 24. The number of ether oxygens (including phenoxy) is 4. The molecule has 1 aromatic heterocycles. The number of nitro groups is 2. The van der Waals surface area contributed by atoms with Gasteiger partial charge in [0.2, 0.25) is 12.2 Å². The van der Waals surface area contributed by atoms with Gasteiger partial charge < -0.3 is 18.9 Å². The number of fused-ring (bicyclic) bond motifs is 1. The number of rotatable bonds is 41. The quantitative estimate of drug-likeness (QED) is 0.0122. The zero-order chi connectivity index (χ0) is 75.6. The number of cyclic esters (lactones) is 2. The van der Waals surface area contributed by atoms with Crippen LogP contribution in [-0.4, -0.2) is 71.0 Å². The Balaban J connectivity index is 0.000000268. The number of esters is 1. The fourth-order valence-corrected chi connectivity index (χ4v) is 14.8. The van der Waals surface area contributed by atoms with Crippen LogP contribution < -0.4 is 24.8 Å². The molecular formula is C80H98ClN7O16S. The molecule has 9 rings (SSSR count). The van der Waals surface area contributed by atoms with Crippen molar-refractivity contribution in [2.75, 3.05) is 27.7 Å². The van der Waals surface area contributed by atoms with E-state index in [-0.39, 0.29) is 85.1 Å². The van der Waals surface area contributed by atoms with Crippen LogP contribution >= 0.6 is 11.6 Å². The van der Waals surface area contributed by atoms with Gasteiger partial charge in [0.25, 0.3) is 38.8 Å². The number of para-hydroxylation sites is 2. The summed E-state index contributed by atoms with van der Waals surface area (Å²) in [5.74, 6) is -2.21. The van der Waals surface area contributed by atoms with E-state index >= 15 is 0 Å². The molecule has 7 aromatic rings. The van der Waals surface area contributed by atoms with Crippen LogP contribution in [0.5, 0.6) is 5.75 Å². The molecule has 562 valence electrons. The molecule has 1 N–H and O–H groups in total. The highest BCUT2D eigenvalue weighted by Gasteiger charge is 2.49. The fraction of sp³-hybridized carbons (Fsp3) is 0.463. The number of halogens is 1. The van der Waals surface area contributed by atoms with Gasteiger partial charge in [0.1, 0.15) is 11.3 Å². The Morgan fingerprint density at radius 2 is 1.05 bits per heavy atom. The first-order valence-electron chi connectivity index (χ1n) is 37.0. The Bertz CT molecular complexity index is 4340. The van der Waals surface area contributed by atoms with Crippen molar-refractivity contribution in [2.45, 2.75) is 232 Å². The lowest BCUT2D eigenvalue weighted by molar-refractivity contribution is -0.396. The van der Waals surface area contributed by atoms with Crippen LogP contribution in [0.25, 0.3) is 10.9 Å². The molecule has 23 nitrogen and oxygen atoms in total. The van der Waals surface area contributed by atoms with Crippen molar-refractivity contribution in [3.05, 3.63) is 196 Å². The number of aromatic nitrogens is 2. The smallest absolute Gasteiger partial charge is 0.422 e. The van der Waals surface area contributed by atoms with Crippen LogP contribution in [0, 0.1) is 47.9 Å². The van der Waals surface area contributed by atoms with Crippen molar-refractivity contribution >= 4 is 90.9 Å². The van der Waals surface area contributed by atoms with Crippen LogP contribution in [0.15, 0.2) is 125 Å². The van der Waals surface area contributed by atoms with Gasteiger partial charge in [0, 0.05) is 16.7 Å². The highest BCUT2D eigenvalue weighted by atomic mass is 35.5. The van der Waals surface area contributed by atoms with E-state index in [1.54, 1.807) is 55.5 Å². The second kappa shape index (κ2) is 40.1. The molecule has 105 heavy (non-hydrogen) atoms. The first-order valence-corrected chi connectivity index (χ1v) is 38.8. The molecule has 0 spiro atoms. The Kier molecular flexibility index (Phi) is 31.0. The molecule has 2 aliphatic heterocycles. The van der Waals surface area contributed by atoms with Crippen LogP contribution in [0.3, 0.4) is 0 Å². The third kappa shape index (κ3) is 21.6. The number of hydrogen-bond acceptors (Lipinski definition) is 17. The Morgan fingerprint density at radius 3 is 1.60 bits per heavy atom. The molecule has 4 amide bonds. The summed E-state index contributed by atoms with van der Waals surface area (Å²) in [5, 5.41) is 24.6. The summed E-state index contributed by atoms with van der Waals surface area (Å²) in [6.45, 7) is 10.7. The standard InChI is InChI=1S/C40H51ClN4O10S.C40H47N3O6/c1-5-6-7-8-9-10-11-12-13-14-15-16-17-20-25-54-34-24-23-30(56(52,53)42-32-22-19-18-21-31(32)41)26-33(34)43-39(46)38(55-40(43)47)35-27(2)36(44(48)49)29(4)37(28(35)3)45(50)51;1-3-4-5-6-7-8-9-10-11-12-13-19-26-48-39(46)31-25-24-29(2)34(27-31)43-38(45)35(49-40(43)47)36-41-33-23-18-17-22-32(33)37(44)42(36)28-30-20-15-14-16-21-30/h18-19,21-24,26,38,42H,5-17,20,25H2,1-4H3;14-18,20-25,27,35H,3-13,19,26,28H2,1-2H3. The minimum atomic E-state index is -4.33. The number of nitrogens with zero attached hydrogens (tertiary/aromatic N) is 6. The third-order valence-corrected chi connectivity index (χ3v) is 20.8. The molecule has 0 aliphatic carbocycles. The van der Waals surface area contributed by atoms with E-state index in [1.165, 1.54) is 171 Å². The summed E-state index contributed by atoms with van der Waals surface area (Å²) in [5.41, 5.74) is -0.00616. The number of anilines is 3. The van der Waals surface area contributed by atoms with Gasteiger partial charge in [-0.1, -0.05) is 240 Å². The highest BCUT2D eigenvalue weighted by molar-refractivity contribution is 7.92. The number of sulfonamides is 1. The number of carbonyl (C=O) groups excluding carboxylic acids is 5. The van der Waals surface area contributed by atoms with E-state index in [0.29, 0.717) is 34.4 Å². The number of hydrogen-bond donors (Lipinski definition) is 1. The van der Waals surface area contributed by atoms with E-state index < -0.39 is 73.4 Å². The number of nitro benzene ring substituents is 2. The zero-order valence-electron chi connectivity index (χ0n) is 61.1. The van der Waals surface area contributed by atoms with E-state index in [1.807, 2.05) is 30.3 Å². The van der Waals surface area contributed by atoms with Gasteiger partial charge in [-0.25, -0.2) is 37.6 Å². The van der Waals surface area contributed by atoms with Crippen molar-refractivity contribution in [1.29, 1.82) is 0 Å². The average Bonchev–Trinajstić information content (AvgIpc) is 1.65. The van der Waals surface area contributed by atoms with Gasteiger partial charge in [0.05, 0.1) is 73.1 Å². The normalized spacial score (nSPS) is 14.3. The van der Waals surface area contributed by atoms with E-state index in [9.17, 15) is 57.4 Å². The molecular weight excluding hydrogens is 1380 g/mol. The fourth-order valence-electron chi connectivity index (χ4n) is 13.4. The zero-order valence-corrected chi connectivity index (χ0v) is 62.7. The van der Waals surface area contributed by atoms with Gasteiger partial charge in [-0.3, -0.25) is 43.9 Å². The maximum absolute atomic E-state index is 14.1. The maximum atomic E-state index is 14.1. The molecule has 0 radical (unpaired) electrons. The van der Waals surface area contributed by atoms with E-state index in [0.717, 1.165) is 61.5 Å². The molecule has 25 heteroatoms. The minimum absolute atomic E-state index is 0.0108. The molecule has 2 fully saturated rings. The largest absolute Gasteiger partial charge is 0.491 e. The molecule has 6 aromatic carbocycles. The summed E-state index contributed by atoms with van der Waals surface area (Å²) in [6.07, 6.45) is 25.6. The minimum Gasteiger partial charge on any atom is -0.491 e. The Labute approximate surface area is 619 Å². The monoisotopic (exact) mass is 1480 g/mol. The van der Waals surface area contributed by atoms with Crippen molar-refractivity contribution < 1.29 is 61.2 Å². The predicted octanol–water partition coefficient (Wildman–Crippen LogP) is 19.8. The summed E-state index contributed by atoms with van der Waals surface area (Å²) < 4.78 is 53.6. The van der Waals surface area contributed by atoms with Crippen molar-refractivity contribution in [1.82, 2.24) is 9.55 Å². The summed E-state index contributed by atoms with van der Waals surface area (Å²) in [6, 6.07) is 30.8. The van der Waals surface area contributed by atoms with Crippen LogP contribution in [0.4, 0.5) is 38.0 Å². The molecule has 2 unspecified atom stereocenters. The number of benzene rings is 6. The molecule has 2 aliphatic rings. The lowest BCUT2D eigenvalue weighted by Crippen LogP contribution is -2.33. The van der Waals surface area contributed by atoms with E-state index in [2.05, 4.69) is 23.6 Å². The Morgan fingerprint density at radius 1 is 0.562 bits per heavy atom. The lowest BCUT2D eigenvalue weighted by Gasteiger charge is -2.19. The molecule has 0 bridgehead atoms. The number of aryl methyl sites for hydroxylation is 1. The van der Waals surface area contributed by atoms with Gasteiger partial charge in [-0.05, 0) is 106 Å². The summed E-state index contributed by atoms with van der Waals surface area (Å²) in [4.78, 5) is 110. The number of carbonyl (C=O) groups is 5. The van der Waals surface area contributed by atoms with Crippen LogP contribution in [-0.2, 0) is 40.4 Å². The maximum Gasteiger partial charge on any atom is 0.422 e. The average molecular weight is 1480 g/mol. The first-order chi connectivity index (χ1) is 50.6. The van der Waals surface area contributed by atoms with Crippen LogP contribution in [0.1, 0.15) is 243 Å². The second-order valence-electron chi connectivity index (χ2n) is 26.9.